The summed E-state index contributed by atoms with van der Waals surface area (Å²) in [6, 6.07) is 5.97. The highest BCUT2D eigenvalue weighted by Gasteiger charge is 2.46. The van der Waals surface area contributed by atoms with Gasteiger partial charge in [-0.2, -0.15) is 0 Å². The average molecular weight is 345 g/mol. The first-order valence-electron chi connectivity index (χ1n) is 9.02. The van der Waals surface area contributed by atoms with Gasteiger partial charge in [0.05, 0.1) is 0 Å². The number of piperidine rings is 1. The Morgan fingerprint density at radius 3 is 2.56 bits per heavy atom. The van der Waals surface area contributed by atoms with Gasteiger partial charge in [0.1, 0.15) is 13.2 Å². The minimum absolute atomic E-state index is 0.0542. The smallest absolute Gasteiger partial charge is 0.303 e. The molecule has 2 heterocycles. The van der Waals surface area contributed by atoms with Crippen molar-refractivity contribution in [1.82, 2.24) is 4.90 Å². The highest BCUT2D eigenvalue weighted by Crippen LogP contribution is 2.50. The van der Waals surface area contributed by atoms with Gasteiger partial charge in [-0.25, -0.2) is 0 Å². The average Bonchev–Trinajstić information content (AvgIpc) is 3.41. The molecule has 0 aromatic heterocycles. The Morgan fingerprint density at radius 2 is 1.84 bits per heavy atom. The number of carboxylic acid groups (broad SMARTS) is 1. The molecule has 1 amide bonds. The third-order valence-electron chi connectivity index (χ3n) is 5.49. The zero-order chi connectivity index (χ0) is 17.4. The summed E-state index contributed by atoms with van der Waals surface area (Å²) in [5.41, 5.74) is 1.14. The first kappa shape index (κ1) is 16.2. The summed E-state index contributed by atoms with van der Waals surface area (Å²) < 4.78 is 11.2. The number of carbonyl (C=O) groups excluding carboxylic acids is 1. The van der Waals surface area contributed by atoms with Gasteiger partial charge < -0.3 is 19.5 Å². The zero-order valence-corrected chi connectivity index (χ0v) is 14.1. The number of hydrogen-bond donors (Lipinski definition) is 1. The minimum Gasteiger partial charge on any atom is -0.486 e. The van der Waals surface area contributed by atoms with Crippen LogP contribution >= 0.6 is 0 Å². The lowest BCUT2D eigenvalue weighted by atomic mass is 9.93. The largest absolute Gasteiger partial charge is 0.486 e. The van der Waals surface area contributed by atoms with Crippen molar-refractivity contribution in [3.8, 4) is 11.5 Å². The summed E-state index contributed by atoms with van der Waals surface area (Å²) in [6.45, 7) is 2.51. The van der Waals surface area contributed by atoms with Crippen LogP contribution in [-0.4, -0.2) is 48.2 Å². The molecule has 0 radical (unpaired) electrons. The molecule has 2 atom stereocenters. The van der Waals surface area contributed by atoms with E-state index in [-0.39, 0.29) is 30.1 Å². The van der Waals surface area contributed by atoms with Crippen molar-refractivity contribution in [3.05, 3.63) is 23.8 Å². The molecule has 1 aliphatic carbocycles. The Labute approximate surface area is 146 Å². The van der Waals surface area contributed by atoms with Gasteiger partial charge in [0.25, 0.3) is 0 Å². The molecule has 25 heavy (non-hydrogen) atoms. The molecule has 2 aliphatic heterocycles. The van der Waals surface area contributed by atoms with Crippen molar-refractivity contribution in [1.29, 1.82) is 0 Å². The van der Waals surface area contributed by atoms with Gasteiger partial charge in [-0.1, -0.05) is 6.07 Å². The molecule has 6 nitrogen and oxygen atoms in total. The number of amides is 1. The highest BCUT2D eigenvalue weighted by atomic mass is 16.6. The van der Waals surface area contributed by atoms with Gasteiger partial charge >= 0.3 is 5.97 Å². The van der Waals surface area contributed by atoms with Crippen LogP contribution in [0.3, 0.4) is 0 Å². The molecule has 1 saturated heterocycles. The maximum Gasteiger partial charge on any atom is 0.303 e. The standard InChI is InChI=1S/C19H23NO5/c21-18(22)9-12-3-5-20(6-4-12)19(23)15-11-14(15)13-1-2-16-17(10-13)25-8-7-24-16/h1-2,10,12,14-15H,3-9,11H2,(H,21,22). The predicted octanol–water partition coefficient (Wildman–Crippen LogP) is 2.27. The Bertz CT molecular complexity index is 680. The molecular formula is C19H23NO5. The van der Waals surface area contributed by atoms with Crippen molar-refractivity contribution in [3.63, 3.8) is 0 Å². The number of benzene rings is 1. The van der Waals surface area contributed by atoms with E-state index in [4.69, 9.17) is 14.6 Å². The fourth-order valence-corrected chi connectivity index (χ4v) is 3.97. The molecule has 1 N–H and O–H groups in total. The lowest BCUT2D eigenvalue weighted by Gasteiger charge is -2.31. The molecule has 0 spiro atoms. The Hall–Kier alpha value is -2.24. The monoisotopic (exact) mass is 345 g/mol. The molecule has 6 heteroatoms. The van der Waals surface area contributed by atoms with Crippen molar-refractivity contribution in [2.24, 2.45) is 11.8 Å². The first-order valence-corrected chi connectivity index (χ1v) is 9.02. The summed E-state index contributed by atoms with van der Waals surface area (Å²) in [5, 5.41) is 8.88. The number of carboxylic acids is 1. The van der Waals surface area contributed by atoms with Gasteiger partial charge in [0.15, 0.2) is 11.5 Å². The van der Waals surface area contributed by atoms with E-state index in [0.29, 0.717) is 26.3 Å². The second-order valence-electron chi connectivity index (χ2n) is 7.22. The summed E-state index contributed by atoms with van der Waals surface area (Å²) in [4.78, 5) is 25.4. The lowest BCUT2D eigenvalue weighted by molar-refractivity contribution is -0.138. The molecule has 2 unspecified atom stereocenters. The number of hydrogen-bond acceptors (Lipinski definition) is 4. The van der Waals surface area contributed by atoms with E-state index in [2.05, 4.69) is 0 Å². The predicted molar refractivity (Wildman–Crippen MR) is 89.8 cm³/mol. The number of carbonyl (C=O) groups is 2. The summed E-state index contributed by atoms with van der Waals surface area (Å²) in [7, 11) is 0. The molecule has 4 rings (SSSR count). The van der Waals surface area contributed by atoms with Crippen molar-refractivity contribution in [2.75, 3.05) is 26.3 Å². The Kier molecular flexibility index (Phi) is 4.27. The van der Waals surface area contributed by atoms with E-state index in [1.54, 1.807) is 0 Å². The quantitative estimate of drug-likeness (QED) is 0.906. The van der Waals surface area contributed by atoms with E-state index in [9.17, 15) is 9.59 Å². The van der Waals surface area contributed by atoms with Gasteiger partial charge in [-0.3, -0.25) is 9.59 Å². The molecule has 2 fully saturated rings. The van der Waals surface area contributed by atoms with Crippen molar-refractivity contribution >= 4 is 11.9 Å². The molecule has 134 valence electrons. The van der Waals surface area contributed by atoms with Gasteiger partial charge in [-0.15, -0.1) is 0 Å². The second kappa shape index (κ2) is 6.58. The molecule has 3 aliphatic rings. The number of ether oxygens (including phenoxy) is 2. The normalized spacial score (nSPS) is 25.5. The fourth-order valence-electron chi connectivity index (χ4n) is 3.97. The van der Waals surface area contributed by atoms with Gasteiger partial charge in [0, 0.05) is 25.4 Å². The number of fused-ring (bicyclic) bond motifs is 1. The van der Waals surface area contributed by atoms with Gasteiger partial charge in [-0.05, 0) is 48.8 Å². The van der Waals surface area contributed by atoms with Crippen LogP contribution in [0, 0.1) is 11.8 Å². The first-order chi connectivity index (χ1) is 12.1. The van der Waals surface area contributed by atoms with Crippen LogP contribution in [0.5, 0.6) is 11.5 Å². The molecular weight excluding hydrogens is 322 g/mol. The minimum atomic E-state index is -0.745. The molecule has 1 aromatic rings. The van der Waals surface area contributed by atoms with Crippen molar-refractivity contribution in [2.45, 2.75) is 31.6 Å². The topological polar surface area (TPSA) is 76.1 Å². The van der Waals surface area contributed by atoms with Crippen molar-refractivity contribution < 1.29 is 24.2 Å². The highest BCUT2D eigenvalue weighted by molar-refractivity contribution is 5.83. The third kappa shape index (κ3) is 3.43. The Balaban J connectivity index is 1.34. The van der Waals surface area contributed by atoms with E-state index in [1.165, 1.54) is 0 Å². The summed E-state index contributed by atoms with van der Waals surface area (Å²) in [5.74, 6) is 1.54. The summed E-state index contributed by atoms with van der Waals surface area (Å²) in [6.07, 6.45) is 2.68. The number of likely N-dealkylation sites (tertiary alicyclic amines) is 1. The van der Waals surface area contributed by atoms with Gasteiger partial charge in [0.2, 0.25) is 5.91 Å². The maximum absolute atomic E-state index is 12.7. The number of nitrogens with zero attached hydrogens (tertiary/aromatic N) is 1. The number of rotatable bonds is 4. The van der Waals surface area contributed by atoms with Crippen LogP contribution in [0.25, 0.3) is 0 Å². The van der Waals surface area contributed by atoms with Crippen LogP contribution in [0.1, 0.15) is 37.2 Å². The molecule has 0 bridgehead atoms. The van der Waals surface area contributed by atoms with Crippen LogP contribution in [-0.2, 0) is 9.59 Å². The lowest BCUT2D eigenvalue weighted by Crippen LogP contribution is -2.40. The molecule has 1 aromatic carbocycles. The van der Waals surface area contributed by atoms with Crippen LogP contribution in [0.4, 0.5) is 0 Å². The Morgan fingerprint density at radius 1 is 1.12 bits per heavy atom. The van der Waals surface area contributed by atoms with E-state index in [1.807, 2.05) is 23.1 Å². The zero-order valence-electron chi connectivity index (χ0n) is 14.1. The summed E-state index contributed by atoms with van der Waals surface area (Å²) >= 11 is 0. The molecule has 1 saturated carbocycles. The second-order valence-corrected chi connectivity index (χ2v) is 7.22. The van der Waals surface area contributed by atoms with E-state index in [0.717, 1.165) is 36.3 Å². The van der Waals surface area contributed by atoms with Crippen LogP contribution in [0.2, 0.25) is 0 Å². The van der Waals surface area contributed by atoms with Crippen LogP contribution < -0.4 is 9.47 Å². The number of aliphatic carboxylic acids is 1. The fraction of sp³-hybridized carbons (Fsp3) is 0.579. The van der Waals surface area contributed by atoms with E-state index < -0.39 is 5.97 Å². The maximum atomic E-state index is 12.7. The third-order valence-corrected chi connectivity index (χ3v) is 5.49. The van der Waals surface area contributed by atoms with E-state index >= 15 is 0 Å². The SMILES string of the molecule is O=C(O)CC1CCN(C(=O)C2CC2c2ccc3c(c2)OCCO3)CC1. The van der Waals surface area contributed by atoms with Crippen LogP contribution in [0.15, 0.2) is 18.2 Å².